The van der Waals surface area contributed by atoms with Gasteiger partial charge in [0.15, 0.2) is 0 Å². The first-order valence-electron chi connectivity index (χ1n) is 17.5. The standard InChI is InChI=1S/C44H44N2O4/c1-43(2,3)29-21-27(39-33(23-29)37(41(47)48)31-14-7-9-16-35(31)45-39)19-25-12-11-13-26(18-25)20-28-22-30(44(4,5)6)24-34-38(42(49)50)32-15-8-10-17-36(32)46-40(28)34/h7-20,29-30H,21-24H2,1-6H3,(H,47,48)(H,49,50)/b27-19+,28-20+. The van der Waals surface area contributed by atoms with E-state index in [-0.39, 0.29) is 22.7 Å². The maximum atomic E-state index is 12.8. The summed E-state index contributed by atoms with van der Waals surface area (Å²) in [6, 6.07) is 23.4. The number of hydrogen-bond donors (Lipinski definition) is 2. The molecule has 2 atom stereocenters. The Balaban J connectivity index is 1.38. The molecule has 2 aliphatic carbocycles. The molecule has 2 unspecified atom stereocenters. The van der Waals surface area contributed by atoms with Gasteiger partial charge in [-0.1, -0.05) is 96.1 Å². The normalized spacial score (nSPS) is 19.5. The van der Waals surface area contributed by atoms with Crippen molar-refractivity contribution in [1.82, 2.24) is 9.97 Å². The van der Waals surface area contributed by atoms with Gasteiger partial charge in [0.1, 0.15) is 0 Å². The van der Waals surface area contributed by atoms with E-state index in [0.29, 0.717) is 45.8 Å². The molecule has 0 amide bonds. The lowest BCUT2D eigenvalue weighted by atomic mass is 9.68. The van der Waals surface area contributed by atoms with Crippen LogP contribution >= 0.6 is 0 Å². The molecule has 0 radical (unpaired) electrons. The average molecular weight is 665 g/mol. The Kier molecular flexibility index (Phi) is 8.25. The van der Waals surface area contributed by atoms with Crippen molar-refractivity contribution in [1.29, 1.82) is 0 Å². The van der Waals surface area contributed by atoms with Crippen LogP contribution < -0.4 is 0 Å². The van der Waals surface area contributed by atoms with Crippen LogP contribution in [-0.4, -0.2) is 32.1 Å². The molecule has 2 aromatic heterocycles. The van der Waals surface area contributed by atoms with Crippen molar-refractivity contribution >= 4 is 57.0 Å². The molecule has 254 valence electrons. The third-order valence-electron chi connectivity index (χ3n) is 10.9. The molecule has 7 rings (SSSR count). The summed E-state index contributed by atoms with van der Waals surface area (Å²) in [6.45, 7) is 13.3. The van der Waals surface area contributed by atoms with Crippen molar-refractivity contribution in [3.05, 3.63) is 118 Å². The van der Waals surface area contributed by atoms with Crippen LogP contribution in [-0.2, 0) is 12.8 Å². The second-order valence-electron chi connectivity index (χ2n) is 16.2. The number of carboxylic acid groups (broad SMARTS) is 2. The van der Waals surface area contributed by atoms with Crippen LogP contribution in [0.3, 0.4) is 0 Å². The van der Waals surface area contributed by atoms with E-state index in [0.717, 1.165) is 57.6 Å². The predicted octanol–water partition coefficient (Wildman–Crippen LogP) is 10.5. The van der Waals surface area contributed by atoms with Crippen LogP contribution in [0.25, 0.3) is 45.1 Å². The van der Waals surface area contributed by atoms with Gasteiger partial charge in [-0.25, -0.2) is 19.6 Å². The summed E-state index contributed by atoms with van der Waals surface area (Å²) < 4.78 is 0. The molecule has 0 spiro atoms. The molecule has 6 heteroatoms. The van der Waals surface area contributed by atoms with Crippen LogP contribution in [0.2, 0.25) is 0 Å². The molecule has 3 aromatic carbocycles. The summed E-state index contributed by atoms with van der Waals surface area (Å²) >= 11 is 0. The fourth-order valence-corrected chi connectivity index (χ4v) is 7.90. The number of benzene rings is 3. The highest BCUT2D eigenvalue weighted by Crippen LogP contribution is 2.46. The molecule has 0 aliphatic heterocycles. The van der Waals surface area contributed by atoms with E-state index < -0.39 is 11.9 Å². The summed E-state index contributed by atoms with van der Waals surface area (Å²) in [5.74, 6) is -1.36. The predicted molar refractivity (Wildman–Crippen MR) is 202 cm³/mol. The highest BCUT2D eigenvalue weighted by atomic mass is 16.4. The van der Waals surface area contributed by atoms with Gasteiger partial charge in [0.05, 0.1) is 33.5 Å². The lowest BCUT2D eigenvalue weighted by Crippen LogP contribution is -2.28. The smallest absolute Gasteiger partial charge is 0.336 e. The summed E-state index contributed by atoms with van der Waals surface area (Å²) in [7, 11) is 0. The molecular formula is C44H44N2O4. The molecular weight excluding hydrogens is 620 g/mol. The summed E-state index contributed by atoms with van der Waals surface area (Å²) in [5, 5.41) is 22.3. The van der Waals surface area contributed by atoms with Crippen molar-refractivity contribution in [2.75, 3.05) is 0 Å². The summed E-state index contributed by atoms with van der Waals surface area (Å²) in [5.41, 5.74) is 9.28. The molecule has 0 fully saturated rings. The van der Waals surface area contributed by atoms with E-state index in [1.54, 1.807) is 0 Å². The minimum Gasteiger partial charge on any atom is -0.478 e. The number of rotatable bonds is 4. The molecule has 5 aromatic rings. The van der Waals surface area contributed by atoms with E-state index in [2.05, 4.69) is 71.9 Å². The highest BCUT2D eigenvalue weighted by Gasteiger charge is 2.36. The third kappa shape index (κ3) is 6.12. The second kappa shape index (κ2) is 12.3. The Hall–Kier alpha value is -5.10. The first kappa shape index (κ1) is 33.4. The molecule has 0 saturated heterocycles. The van der Waals surface area contributed by atoms with Crippen LogP contribution in [0, 0.1) is 22.7 Å². The van der Waals surface area contributed by atoms with Crippen LogP contribution in [0.15, 0.2) is 72.8 Å². The van der Waals surface area contributed by atoms with Crippen molar-refractivity contribution in [3.8, 4) is 0 Å². The number of nitrogens with zero attached hydrogens (tertiary/aromatic N) is 2. The lowest BCUT2D eigenvalue weighted by molar-refractivity contribution is 0.0685. The SMILES string of the molecule is CC(C)(C)C1C/C(=C\c2cccc(/C=C3\CC(C(C)(C)C)Cc4c3nc3ccccc3c4C(=O)O)c2)c2nc3ccccc3c(C(=O)O)c2C1. The van der Waals surface area contributed by atoms with E-state index >= 15 is 0 Å². The number of aromatic carboxylic acids is 2. The van der Waals surface area contributed by atoms with Gasteiger partial charge in [-0.15, -0.1) is 0 Å². The van der Waals surface area contributed by atoms with Gasteiger partial charge in [0.25, 0.3) is 0 Å². The monoisotopic (exact) mass is 664 g/mol. The number of carbonyl (C=O) groups is 2. The van der Waals surface area contributed by atoms with Crippen molar-refractivity contribution in [2.45, 2.75) is 67.2 Å². The minimum atomic E-state index is -0.920. The third-order valence-corrected chi connectivity index (χ3v) is 10.9. The van der Waals surface area contributed by atoms with E-state index in [1.807, 2.05) is 54.6 Å². The van der Waals surface area contributed by atoms with Crippen molar-refractivity contribution in [3.63, 3.8) is 0 Å². The Labute approximate surface area is 293 Å². The molecule has 2 aliphatic rings. The number of hydrogen-bond acceptors (Lipinski definition) is 4. The number of aromatic nitrogens is 2. The summed E-state index contributed by atoms with van der Waals surface area (Å²) in [4.78, 5) is 35.7. The maximum Gasteiger partial charge on any atom is 0.336 e. The van der Waals surface area contributed by atoms with Crippen LogP contribution in [0.1, 0.15) is 109 Å². The van der Waals surface area contributed by atoms with Gasteiger partial charge < -0.3 is 10.2 Å². The molecule has 2 heterocycles. The van der Waals surface area contributed by atoms with Gasteiger partial charge in [-0.2, -0.15) is 0 Å². The fraction of sp³-hybridized carbons (Fsp3) is 0.318. The Morgan fingerprint density at radius 1 is 0.600 bits per heavy atom. The molecule has 0 bridgehead atoms. The van der Waals surface area contributed by atoms with E-state index in [1.165, 1.54) is 0 Å². The number of pyridine rings is 2. The van der Waals surface area contributed by atoms with Gasteiger partial charge in [-0.05, 0) is 112 Å². The first-order chi connectivity index (χ1) is 23.7. The Bertz CT molecular complexity index is 2110. The Morgan fingerprint density at radius 2 is 1.00 bits per heavy atom. The van der Waals surface area contributed by atoms with Crippen LogP contribution in [0.5, 0.6) is 0 Å². The number of para-hydroxylation sites is 2. The minimum absolute atomic E-state index is 0.0333. The molecule has 50 heavy (non-hydrogen) atoms. The molecule has 2 N–H and O–H groups in total. The topological polar surface area (TPSA) is 100 Å². The average Bonchev–Trinajstić information content (AvgIpc) is 3.05. The number of fused-ring (bicyclic) bond motifs is 4. The molecule has 0 saturated carbocycles. The maximum absolute atomic E-state index is 12.8. The highest BCUT2D eigenvalue weighted by molar-refractivity contribution is 6.07. The Morgan fingerprint density at radius 3 is 1.38 bits per heavy atom. The van der Waals surface area contributed by atoms with E-state index in [9.17, 15) is 19.8 Å². The van der Waals surface area contributed by atoms with Crippen LogP contribution in [0.4, 0.5) is 0 Å². The lowest BCUT2D eigenvalue weighted by Gasteiger charge is -2.36. The zero-order valence-electron chi connectivity index (χ0n) is 29.7. The number of allylic oxidation sites excluding steroid dienone is 2. The zero-order chi connectivity index (χ0) is 35.5. The quantitative estimate of drug-likeness (QED) is 0.198. The number of carboxylic acids is 2. The van der Waals surface area contributed by atoms with Crippen molar-refractivity contribution < 1.29 is 19.8 Å². The van der Waals surface area contributed by atoms with Gasteiger partial charge in [0, 0.05) is 10.8 Å². The molecule has 6 nitrogen and oxygen atoms in total. The second-order valence-corrected chi connectivity index (χ2v) is 16.2. The van der Waals surface area contributed by atoms with Gasteiger partial charge >= 0.3 is 11.9 Å². The van der Waals surface area contributed by atoms with Gasteiger partial charge in [0.2, 0.25) is 0 Å². The summed E-state index contributed by atoms with van der Waals surface area (Å²) in [6.07, 6.45) is 7.26. The fourth-order valence-electron chi connectivity index (χ4n) is 7.90. The van der Waals surface area contributed by atoms with E-state index in [4.69, 9.17) is 9.97 Å². The van der Waals surface area contributed by atoms with Gasteiger partial charge in [-0.3, -0.25) is 0 Å². The first-order valence-corrected chi connectivity index (χ1v) is 17.5. The zero-order valence-corrected chi connectivity index (χ0v) is 29.7. The largest absolute Gasteiger partial charge is 0.478 e. The van der Waals surface area contributed by atoms with Crippen molar-refractivity contribution in [2.24, 2.45) is 22.7 Å².